The molecular weight excluding hydrogens is 428 g/mol. The van der Waals surface area contributed by atoms with Crippen LogP contribution in [0.5, 0.6) is 0 Å². The Hall–Kier alpha value is -2.59. The van der Waals surface area contributed by atoms with Gasteiger partial charge in [0.05, 0.1) is 25.5 Å². The summed E-state index contributed by atoms with van der Waals surface area (Å²) in [5, 5.41) is 14.7. The summed E-state index contributed by atoms with van der Waals surface area (Å²) in [6.07, 6.45) is 5.41. The van der Waals surface area contributed by atoms with Gasteiger partial charge in [-0.1, -0.05) is 61.4 Å². The molecule has 2 aromatic rings. The number of hydrogen-bond acceptors (Lipinski definition) is 7. The predicted octanol–water partition coefficient (Wildman–Crippen LogP) is 2.41. The normalized spacial score (nSPS) is 17.2. The van der Waals surface area contributed by atoms with Crippen molar-refractivity contribution in [2.24, 2.45) is 0 Å². The number of urea groups is 1. The standard InChI is InChI=1S/C22H30N6O3S/c29-19(24-20(30)23-18-9-5-2-6-10-18)16-32-22-26-25-21(27-11-13-31-14-12-27)28(22)15-17-7-3-1-4-8-17/h1,3-4,7-8,18H,2,5-6,9-16H2,(H2,23,24,29,30). The first-order valence-corrected chi connectivity index (χ1v) is 12.2. The minimum absolute atomic E-state index is 0.0914. The van der Waals surface area contributed by atoms with Crippen LogP contribution in [0.2, 0.25) is 0 Å². The van der Waals surface area contributed by atoms with Gasteiger partial charge in [-0.2, -0.15) is 0 Å². The lowest BCUT2D eigenvalue weighted by Crippen LogP contribution is -2.45. The Morgan fingerprint density at radius 1 is 1.06 bits per heavy atom. The van der Waals surface area contributed by atoms with Crippen molar-refractivity contribution in [2.45, 2.75) is 49.8 Å². The van der Waals surface area contributed by atoms with Gasteiger partial charge in [-0.15, -0.1) is 10.2 Å². The quantitative estimate of drug-likeness (QED) is 0.615. The van der Waals surface area contributed by atoms with E-state index in [0.717, 1.165) is 50.3 Å². The molecule has 2 N–H and O–H groups in total. The molecule has 0 atom stereocenters. The van der Waals surface area contributed by atoms with Crippen LogP contribution < -0.4 is 15.5 Å². The molecule has 1 saturated heterocycles. The number of nitrogens with zero attached hydrogens (tertiary/aromatic N) is 4. The van der Waals surface area contributed by atoms with E-state index in [9.17, 15) is 9.59 Å². The zero-order chi connectivity index (χ0) is 22.2. The average molecular weight is 459 g/mol. The van der Waals surface area contributed by atoms with Crippen LogP contribution in [0.15, 0.2) is 35.5 Å². The summed E-state index contributed by atoms with van der Waals surface area (Å²) < 4.78 is 7.49. The first-order chi connectivity index (χ1) is 15.7. The van der Waals surface area contributed by atoms with Crippen molar-refractivity contribution in [3.05, 3.63) is 35.9 Å². The summed E-state index contributed by atoms with van der Waals surface area (Å²) >= 11 is 1.29. The van der Waals surface area contributed by atoms with Gasteiger partial charge in [-0.3, -0.25) is 14.7 Å². The molecule has 172 valence electrons. The molecule has 0 radical (unpaired) electrons. The highest BCUT2D eigenvalue weighted by atomic mass is 32.2. The molecule has 0 unspecified atom stereocenters. The number of hydrogen-bond donors (Lipinski definition) is 2. The van der Waals surface area contributed by atoms with Crippen molar-refractivity contribution in [3.8, 4) is 0 Å². The van der Waals surface area contributed by atoms with Gasteiger partial charge in [0.1, 0.15) is 0 Å². The Balaban J connectivity index is 1.38. The molecule has 32 heavy (non-hydrogen) atoms. The second kappa shape index (κ2) is 11.3. The Morgan fingerprint density at radius 2 is 1.81 bits per heavy atom. The van der Waals surface area contributed by atoms with Crippen molar-refractivity contribution in [3.63, 3.8) is 0 Å². The fourth-order valence-electron chi connectivity index (χ4n) is 4.05. The van der Waals surface area contributed by atoms with Gasteiger partial charge >= 0.3 is 6.03 Å². The number of nitrogens with one attached hydrogen (secondary N) is 2. The number of thioether (sulfide) groups is 1. The van der Waals surface area contributed by atoms with E-state index in [-0.39, 0.29) is 17.7 Å². The molecule has 2 heterocycles. The highest BCUT2D eigenvalue weighted by Gasteiger charge is 2.22. The van der Waals surface area contributed by atoms with Gasteiger partial charge in [0, 0.05) is 19.1 Å². The van der Waals surface area contributed by atoms with E-state index in [2.05, 4.69) is 37.9 Å². The largest absolute Gasteiger partial charge is 0.378 e. The van der Waals surface area contributed by atoms with Gasteiger partial charge in [0.15, 0.2) is 5.16 Å². The highest BCUT2D eigenvalue weighted by molar-refractivity contribution is 7.99. The van der Waals surface area contributed by atoms with Gasteiger partial charge in [-0.05, 0) is 18.4 Å². The van der Waals surface area contributed by atoms with Crippen molar-refractivity contribution in [1.29, 1.82) is 0 Å². The van der Waals surface area contributed by atoms with Crippen molar-refractivity contribution in [1.82, 2.24) is 25.4 Å². The van der Waals surface area contributed by atoms with Crippen LogP contribution in [-0.2, 0) is 16.1 Å². The number of anilines is 1. The number of carbonyl (C=O) groups excluding carboxylic acids is 2. The van der Waals surface area contributed by atoms with Gasteiger partial charge < -0.3 is 15.0 Å². The number of morpholine rings is 1. The van der Waals surface area contributed by atoms with Gasteiger partial charge in [-0.25, -0.2) is 4.79 Å². The molecule has 10 heteroatoms. The zero-order valence-corrected chi connectivity index (χ0v) is 19.0. The van der Waals surface area contributed by atoms with Crippen LogP contribution in [0.3, 0.4) is 0 Å². The highest BCUT2D eigenvalue weighted by Crippen LogP contribution is 2.24. The lowest BCUT2D eigenvalue weighted by Gasteiger charge is -2.28. The predicted molar refractivity (Wildman–Crippen MR) is 123 cm³/mol. The van der Waals surface area contributed by atoms with E-state index < -0.39 is 6.03 Å². The zero-order valence-electron chi connectivity index (χ0n) is 18.2. The lowest BCUT2D eigenvalue weighted by atomic mass is 9.96. The molecule has 9 nitrogen and oxygen atoms in total. The van der Waals surface area contributed by atoms with E-state index in [1.54, 1.807) is 0 Å². The topological polar surface area (TPSA) is 101 Å². The van der Waals surface area contributed by atoms with Crippen LogP contribution >= 0.6 is 11.8 Å². The summed E-state index contributed by atoms with van der Waals surface area (Å²) in [5.74, 6) is 0.522. The van der Waals surface area contributed by atoms with E-state index in [4.69, 9.17) is 4.74 Å². The number of imide groups is 1. The second-order valence-corrected chi connectivity index (χ2v) is 9.04. The van der Waals surface area contributed by atoms with E-state index in [1.807, 2.05) is 22.8 Å². The molecule has 1 aliphatic carbocycles. The molecule has 1 aromatic carbocycles. The number of aromatic nitrogens is 3. The monoisotopic (exact) mass is 458 g/mol. The summed E-state index contributed by atoms with van der Waals surface area (Å²) in [6.45, 7) is 3.41. The maximum Gasteiger partial charge on any atom is 0.321 e. The minimum atomic E-state index is -0.415. The summed E-state index contributed by atoms with van der Waals surface area (Å²) in [5.41, 5.74) is 1.12. The first kappa shape index (κ1) is 22.6. The molecule has 0 spiro atoms. The fraction of sp³-hybridized carbons (Fsp3) is 0.545. The molecule has 2 fully saturated rings. The molecule has 0 bridgehead atoms. The molecule has 4 rings (SSSR count). The molecule has 2 aliphatic rings. The maximum absolute atomic E-state index is 12.4. The summed E-state index contributed by atoms with van der Waals surface area (Å²) in [4.78, 5) is 26.7. The van der Waals surface area contributed by atoms with E-state index >= 15 is 0 Å². The fourth-order valence-corrected chi connectivity index (χ4v) is 4.78. The molecule has 3 amide bonds. The summed E-state index contributed by atoms with van der Waals surface area (Å²) in [7, 11) is 0. The number of carbonyl (C=O) groups is 2. The first-order valence-electron chi connectivity index (χ1n) is 11.2. The second-order valence-electron chi connectivity index (χ2n) is 8.10. The van der Waals surface area contributed by atoms with Crippen molar-refractivity contribution in [2.75, 3.05) is 37.0 Å². The third kappa shape index (κ3) is 6.23. The van der Waals surface area contributed by atoms with E-state index in [0.29, 0.717) is 24.9 Å². The number of rotatable bonds is 7. The van der Waals surface area contributed by atoms with Crippen LogP contribution in [0.4, 0.5) is 10.7 Å². The third-order valence-electron chi connectivity index (χ3n) is 5.70. The minimum Gasteiger partial charge on any atom is -0.378 e. The molecule has 1 aliphatic heterocycles. The third-order valence-corrected chi connectivity index (χ3v) is 6.67. The van der Waals surface area contributed by atoms with Crippen LogP contribution in [0.25, 0.3) is 0 Å². The van der Waals surface area contributed by atoms with Gasteiger partial charge in [0.25, 0.3) is 0 Å². The van der Waals surface area contributed by atoms with Crippen LogP contribution in [-0.4, -0.2) is 64.8 Å². The smallest absolute Gasteiger partial charge is 0.321 e. The number of ether oxygens (including phenoxy) is 1. The average Bonchev–Trinajstić information content (AvgIpc) is 3.22. The molecule has 1 aromatic heterocycles. The van der Waals surface area contributed by atoms with Crippen molar-refractivity contribution < 1.29 is 14.3 Å². The van der Waals surface area contributed by atoms with E-state index in [1.165, 1.54) is 18.2 Å². The lowest BCUT2D eigenvalue weighted by molar-refractivity contribution is -0.117. The van der Waals surface area contributed by atoms with Crippen LogP contribution in [0.1, 0.15) is 37.7 Å². The SMILES string of the molecule is O=C(CSc1nnc(N2CCOCC2)n1Cc1ccccc1)NC(=O)NC1CCCCC1. The van der Waals surface area contributed by atoms with Crippen LogP contribution in [0, 0.1) is 0 Å². The Morgan fingerprint density at radius 3 is 2.56 bits per heavy atom. The Kier molecular flexibility index (Phi) is 8.00. The Labute approximate surface area is 192 Å². The Bertz CT molecular complexity index is 894. The maximum atomic E-state index is 12.4. The van der Waals surface area contributed by atoms with Gasteiger partial charge in [0.2, 0.25) is 11.9 Å². The number of benzene rings is 1. The molecule has 1 saturated carbocycles. The molecular formula is C22H30N6O3S. The summed E-state index contributed by atoms with van der Waals surface area (Å²) in [6, 6.07) is 9.84. The van der Waals surface area contributed by atoms with Crippen molar-refractivity contribution >= 4 is 29.6 Å². The number of amides is 3.